The molecule has 3 aromatic rings. The highest BCUT2D eigenvalue weighted by atomic mass is 32.1. The van der Waals surface area contributed by atoms with Crippen molar-refractivity contribution in [2.75, 3.05) is 6.54 Å². The van der Waals surface area contributed by atoms with E-state index in [4.69, 9.17) is 0 Å². The maximum Gasteiger partial charge on any atom is 0.197 e. The number of nitrogens with zero attached hydrogens (tertiary/aromatic N) is 4. The molecule has 0 spiro atoms. The van der Waals surface area contributed by atoms with Crippen LogP contribution >= 0.6 is 11.3 Å². The highest BCUT2D eigenvalue weighted by Crippen LogP contribution is 2.24. The summed E-state index contributed by atoms with van der Waals surface area (Å²) in [7, 11) is 0. The number of dihydropyridines is 1. The molecule has 0 saturated carbocycles. The molecule has 1 N–H and O–H groups in total. The van der Waals surface area contributed by atoms with Crippen molar-refractivity contribution >= 4 is 17.0 Å². The summed E-state index contributed by atoms with van der Waals surface area (Å²) in [4.78, 5) is 8.79. The Morgan fingerprint density at radius 1 is 1.20 bits per heavy atom. The second kappa shape index (κ2) is 6.56. The summed E-state index contributed by atoms with van der Waals surface area (Å²) in [6.45, 7) is 0.326. The number of halogens is 2. The van der Waals surface area contributed by atoms with E-state index in [9.17, 15) is 8.78 Å². The van der Waals surface area contributed by atoms with Crippen molar-refractivity contribution in [2.45, 2.75) is 6.54 Å². The first-order chi connectivity index (χ1) is 12.2. The first-order valence-electron chi connectivity index (χ1n) is 7.59. The fourth-order valence-electron chi connectivity index (χ4n) is 2.47. The van der Waals surface area contributed by atoms with Gasteiger partial charge < -0.3 is 5.32 Å². The summed E-state index contributed by atoms with van der Waals surface area (Å²) in [5.41, 5.74) is 1.12. The molecular weight excluding hydrogens is 344 g/mol. The molecule has 2 aromatic heterocycles. The first-order valence-corrected chi connectivity index (χ1v) is 8.47. The number of rotatable bonds is 4. The lowest BCUT2D eigenvalue weighted by atomic mass is 10.2. The lowest BCUT2D eigenvalue weighted by molar-refractivity contribution is 0.584. The molecule has 0 radical (unpaired) electrons. The fourth-order valence-corrected chi connectivity index (χ4v) is 3.10. The van der Waals surface area contributed by atoms with E-state index in [-0.39, 0.29) is 24.7 Å². The smallest absolute Gasteiger partial charge is 0.197 e. The molecule has 25 heavy (non-hydrogen) atoms. The number of thiazole rings is 1. The van der Waals surface area contributed by atoms with Crippen LogP contribution in [0.1, 0.15) is 11.4 Å². The molecule has 126 valence electrons. The largest absolute Gasteiger partial charge is 0.375 e. The van der Waals surface area contributed by atoms with Crippen molar-refractivity contribution < 1.29 is 8.78 Å². The van der Waals surface area contributed by atoms with E-state index in [1.165, 1.54) is 23.5 Å². The average molecular weight is 357 g/mol. The SMILES string of the molecule is FC1=CC=C(c2nc(-c3nccs3)n(Cc3ccccc3F)n2)NC1. The van der Waals surface area contributed by atoms with Gasteiger partial charge in [0, 0.05) is 17.1 Å². The maximum atomic E-state index is 14.0. The molecule has 0 atom stereocenters. The van der Waals surface area contributed by atoms with Crippen LogP contribution in [-0.2, 0) is 6.54 Å². The van der Waals surface area contributed by atoms with E-state index in [0.29, 0.717) is 27.9 Å². The zero-order valence-corrected chi connectivity index (χ0v) is 13.8. The fraction of sp³-hybridized carbons (Fsp3) is 0.118. The molecule has 1 aliphatic rings. The van der Waals surface area contributed by atoms with E-state index < -0.39 is 0 Å². The molecule has 0 amide bonds. The van der Waals surface area contributed by atoms with Crippen LogP contribution in [0.5, 0.6) is 0 Å². The molecule has 0 unspecified atom stereocenters. The summed E-state index contributed by atoms with van der Waals surface area (Å²) >= 11 is 1.43. The molecule has 0 saturated heterocycles. The van der Waals surface area contributed by atoms with E-state index in [1.54, 1.807) is 35.2 Å². The Hall–Kier alpha value is -2.87. The van der Waals surface area contributed by atoms with Gasteiger partial charge in [0.2, 0.25) is 0 Å². The molecule has 5 nitrogen and oxygen atoms in total. The van der Waals surface area contributed by atoms with Gasteiger partial charge in [0.1, 0.15) is 11.6 Å². The van der Waals surface area contributed by atoms with Gasteiger partial charge >= 0.3 is 0 Å². The highest BCUT2D eigenvalue weighted by Gasteiger charge is 2.19. The third-order valence-electron chi connectivity index (χ3n) is 3.69. The van der Waals surface area contributed by atoms with E-state index in [2.05, 4.69) is 20.4 Å². The van der Waals surface area contributed by atoms with Crippen molar-refractivity contribution in [3.05, 3.63) is 71.0 Å². The van der Waals surface area contributed by atoms with Crippen LogP contribution in [0.2, 0.25) is 0 Å². The van der Waals surface area contributed by atoms with Crippen molar-refractivity contribution in [1.82, 2.24) is 25.1 Å². The van der Waals surface area contributed by atoms with Crippen LogP contribution < -0.4 is 5.32 Å². The van der Waals surface area contributed by atoms with E-state index in [0.717, 1.165) is 0 Å². The Labute approximate surface area is 146 Å². The number of hydrogen-bond donors (Lipinski definition) is 1. The average Bonchev–Trinajstić information content (AvgIpc) is 3.27. The zero-order valence-electron chi connectivity index (χ0n) is 13.0. The molecule has 0 aliphatic carbocycles. The number of benzene rings is 1. The Morgan fingerprint density at radius 3 is 2.80 bits per heavy atom. The molecule has 0 fully saturated rings. The van der Waals surface area contributed by atoms with Gasteiger partial charge in [0.05, 0.1) is 18.8 Å². The van der Waals surface area contributed by atoms with Crippen molar-refractivity contribution in [3.63, 3.8) is 0 Å². The zero-order chi connectivity index (χ0) is 17.2. The Morgan fingerprint density at radius 2 is 2.08 bits per heavy atom. The standard InChI is InChI=1S/C17H13F2N5S/c18-12-5-6-14(21-9-12)15-22-16(17-20-7-8-25-17)24(23-15)10-11-3-1-2-4-13(11)19/h1-8,21H,9-10H2. The summed E-state index contributed by atoms with van der Waals surface area (Å²) in [6.07, 6.45) is 4.65. The minimum absolute atomic E-state index is 0.0975. The molecule has 8 heteroatoms. The Kier molecular flexibility index (Phi) is 4.10. The van der Waals surface area contributed by atoms with Gasteiger partial charge in [0.25, 0.3) is 0 Å². The van der Waals surface area contributed by atoms with Gasteiger partial charge in [0.15, 0.2) is 16.7 Å². The quantitative estimate of drug-likeness (QED) is 0.778. The molecular formula is C17H13F2N5S. The lowest BCUT2D eigenvalue weighted by Gasteiger charge is -2.09. The minimum atomic E-state index is -0.301. The van der Waals surface area contributed by atoms with Crippen molar-refractivity contribution in [3.8, 4) is 10.8 Å². The van der Waals surface area contributed by atoms with Gasteiger partial charge in [-0.15, -0.1) is 16.4 Å². The van der Waals surface area contributed by atoms with Crippen LogP contribution in [0.4, 0.5) is 8.78 Å². The third kappa shape index (κ3) is 3.20. The molecule has 3 heterocycles. The molecule has 1 aromatic carbocycles. The van der Waals surface area contributed by atoms with Crippen LogP contribution in [0.3, 0.4) is 0 Å². The van der Waals surface area contributed by atoms with E-state index >= 15 is 0 Å². The number of aromatic nitrogens is 4. The second-order valence-electron chi connectivity index (χ2n) is 5.39. The molecule has 0 bridgehead atoms. The number of allylic oxidation sites excluding steroid dienone is 2. The predicted octanol–water partition coefficient (Wildman–Crippen LogP) is 3.39. The van der Waals surface area contributed by atoms with Crippen molar-refractivity contribution in [2.24, 2.45) is 0 Å². The predicted molar refractivity (Wildman–Crippen MR) is 91.8 cm³/mol. The Bertz CT molecular complexity index is 959. The normalized spacial score (nSPS) is 14.0. The summed E-state index contributed by atoms with van der Waals surface area (Å²) in [5.74, 6) is 0.413. The number of hydrogen-bond acceptors (Lipinski definition) is 5. The van der Waals surface area contributed by atoms with Crippen molar-refractivity contribution in [1.29, 1.82) is 0 Å². The Balaban J connectivity index is 1.76. The van der Waals surface area contributed by atoms with Crippen LogP contribution in [0.25, 0.3) is 16.5 Å². The number of nitrogens with one attached hydrogen (secondary N) is 1. The molecule has 4 rings (SSSR count). The first kappa shape index (κ1) is 15.6. The highest BCUT2D eigenvalue weighted by molar-refractivity contribution is 7.13. The van der Waals surface area contributed by atoms with Gasteiger partial charge in [-0.25, -0.2) is 23.4 Å². The van der Waals surface area contributed by atoms with Gasteiger partial charge in [-0.1, -0.05) is 18.2 Å². The van der Waals surface area contributed by atoms with E-state index in [1.807, 2.05) is 5.38 Å². The summed E-state index contributed by atoms with van der Waals surface area (Å²) in [5, 5.41) is 9.94. The van der Waals surface area contributed by atoms with Gasteiger partial charge in [-0.05, 0) is 18.2 Å². The maximum absolute atomic E-state index is 14.0. The molecule has 1 aliphatic heterocycles. The third-order valence-corrected chi connectivity index (χ3v) is 4.46. The second-order valence-corrected chi connectivity index (χ2v) is 6.29. The topological polar surface area (TPSA) is 55.6 Å². The van der Waals surface area contributed by atoms with Gasteiger partial charge in [-0.3, -0.25) is 0 Å². The summed E-state index contributed by atoms with van der Waals surface area (Å²) in [6, 6.07) is 6.54. The van der Waals surface area contributed by atoms with Crippen LogP contribution in [0.15, 0.2) is 53.8 Å². The minimum Gasteiger partial charge on any atom is -0.375 e. The lowest BCUT2D eigenvalue weighted by Crippen LogP contribution is -2.18. The summed E-state index contributed by atoms with van der Waals surface area (Å²) < 4.78 is 28.8. The van der Waals surface area contributed by atoms with Crippen LogP contribution in [0, 0.1) is 5.82 Å². The van der Waals surface area contributed by atoms with Crippen LogP contribution in [-0.4, -0.2) is 26.3 Å². The van der Waals surface area contributed by atoms with Gasteiger partial charge in [-0.2, -0.15) is 0 Å². The monoisotopic (exact) mass is 357 g/mol.